The van der Waals surface area contributed by atoms with Crippen LogP contribution in [0.4, 0.5) is 4.39 Å². The van der Waals surface area contributed by atoms with Crippen molar-refractivity contribution >= 4 is 40.8 Å². The summed E-state index contributed by atoms with van der Waals surface area (Å²) in [5.74, 6) is -3.38. The highest BCUT2D eigenvalue weighted by Crippen LogP contribution is 2.43. The van der Waals surface area contributed by atoms with E-state index in [1.165, 1.54) is 36.4 Å². The Labute approximate surface area is 340 Å². The molecule has 0 saturated carbocycles. The second kappa shape index (κ2) is 19.4. The van der Waals surface area contributed by atoms with E-state index in [9.17, 15) is 52.3 Å². The topological polar surface area (TPSA) is 274 Å². The number of phenols is 4. The van der Waals surface area contributed by atoms with Gasteiger partial charge in [-0.05, 0) is 97.3 Å². The first kappa shape index (κ1) is 43.8. The first-order chi connectivity index (χ1) is 28.0. The van der Waals surface area contributed by atoms with Gasteiger partial charge in [0.25, 0.3) is 21.8 Å². The summed E-state index contributed by atoms with van der Waals surface area (Å²) in [6.45, 7) is 0.574. The molecule has 8 N–H and O–H groups in total. The monoisotopic (exact) mass is 870 g/mol. The fraction of sp³-hybridized carbons (Fsp3) is 0.184. The molecule has 4 aromatic carbocycles. The number of sulfonamides is 1. The number of carbonyl (C=O) groups is 2. The van der Waals surface area contributed by atoms with Crippen molar-refractivity contribution in [2.75, 3.05) is 32.6 Å². The number of phenolic OH excluding ortho intramolecular Hbond substituents is 4. The zero-order valence-electron chi connectivity index (χ0n) is 30.6. The number of amides is 2. The van der Waals surface area contributed by atoms with Crippen molar-refractivity contribution in [3.8, 4) is 56.8 Å². The maximum Gasteiger partial charge on any atom is 0.391 e. The molecule has 0 fully saturated rings. The SMILES string of the molecule is N#Cc1ccc(OP(=O)(O)CNS(=O)(=O)c2ccc(-c3ccc(OCCCNC(=O)c4ccc(O)c(O)c4)c(OCCCNC(=O)c4ccc(O)c(O)c4)c3)s2)cc1F. The maximum atomic E-state index is 13.9. The fourth-order valence-corrected chi connectivity index (χ4v) is 8.89. The smallest absolute Gasteiger partial charge is 0.391 e. The second-order valence-corrected chi connectivity index (χ2v) is 17.2. The standard InChI is InChI=1S/C38H36FN4O13PS2/c39-28-20-27(7-3-26(28)21-40)56-57(50,51)22-43-59(52,53)36-12-11-35(58-36)23-6-10-33(54-15-1-13-41-37(48)24-4-8-29(44)31(46)17-24)34(19-23)55-16-2-14-42-38(49)25-5-9-30(45)32(47)18-25/h3-12,17-20,43-47H,1-2,13-16,22H2,(H,41,48)(H,42,49)(H,50,51). The third kappa shape index (κ3) is 12.1. The van der Waals surface area contributed by atoms with Crippen LogP contribution >= 0.6 is 18.9 Å². The number of nitrogens with one attached hydrogen (secondary N) is 3. The van der Waals surface area contributed by atoms with Gasteiger partial charge in [-0.2, -0.15) is 9.98 Å². The van der Waals surface area contributed by atoms with Crippen molar-refractivity contribution in [3.63, 3.8) is 0 Å². The van der Waals surface area contributed by atoms with Gasteiger partial charge in [0, 0.05) is 35.2 Å². The number of ether oxygens (including phenoxy) is 2. The first-order valence-electron chi connectivity index (χ1n) is 17.4. The molecule has 17 nitrogen and oxygen atoms in total. The summed E-state index contributed by atoms with van der Waals surface area (Å²) in [5.41, 5.74) is 0.478. The van der Waals surface area contributed by atoms with Gasteiger partial charge in [0.15, 0.2) is 34.5 Å². The fourth-order valence-electron chi connectivity index (χ4n) is 5.04. The average molecular weight is 871 g/mol. The molecule has 1 atom stereocenters. The Kier molecular flexibility index (Phi) is 14.4. The minimum absolute atomic E-state index is 0.0862. The van der Waals surface area contributed by atoms with Crippen LogP contribution in [0.3, 0.4) is 0 Å². The quantitative estimate of drug-likeness (QED) is 0.0303. The minimum atomic E-state index is -4.66. The Hall–Kier alpha value is -6.36. The third-order valence-corrected chi connectivity index (χ3v) is 12.3. The number of halogens is 1. The van der Waals surface area contributed by atoms with Crippen LogP contribution in [-0.2, 0) is 14.6 Å². The van der Waals surface area contributed by atoms with Gasteiger partial charge in [0.2, 0.25) is 0 Å². The Morgan fingerprint density at radius 1 is 0.763 bits per heavy atom. The van der Waals surface area contributed by atoms with Gasteiger partial charge in [-0.25, -0.2) is 17.4 Å². The molecule has 2 amide bonds. The number of hydrogen-bond donors (Lipinski definition) is 8. The van der Waals surface area contributed by atoms with Gasteiger partial charge in [-0.1, -0.05) is 0 Å². The molecule has 1 heterocycles. The van der Waals surface area contributed by atoms with Crippen LogP contribution in [0.1, 0.15) is 39.1 Å². The number of thiophene rings is 1. The van der Waals surface area contributed by atoms with Crippen LogP contribution in [0.5, 0.6) is 40.2 Å². The summed E-state index contributed by atoms with van der Waals surface area (Å²) in [6, 6.07) is 19.5. The molecular formula is C38H36FN4O13PS2. The number of nitriles is 1. The van der Waals surface area contributed by atoms with Gasteiger partial charge >= 0.3 is 7.60 Å². The Morgan fingerprint density at radius 3 is 1.92 bits per heavy atom. The number of benzene rings is 4. The Morgan fingerprint density at radius 2 is 1.36 bits per heavy atom. The molecule has 0 bridgehead atoms. The zero-order chi connectivity index (χ0) is 42.7. The molecule has 1 aromatic heterocycles. The second-order valence-electron chi connectivity index (χ2n) is 12.4. The normalized spacial score (nSPS) is 12.2. The third-order valence-electron chi connectivity index (χ3n) is 8.04. The zero-order valence-corrected chi connectivity index (χ0v) is 33.2. The Bertz CT molecular complexity index is 2550. The van der Waals surface area contributed by atoms with Crippen LogP contribution in [0.25, 0.3) is 10.4 Å². The van der Waals surface area contributed by atoms with Gasteiger partial charge < -0.3 is 50.0 Å². The average Bonchev–Trinajstić information content (AvgIpc) is 3.71. The number of rotatable bonds is 19. The van der Waals surface area contributed by atoms with E-state index < -0.39 is 53.0 Å². The summed E-state index contributed by atoms with van der Waals surface area (Å²) in [4.78, 5) is 35.6. The lowest BCUT2D eigenvalue weighted by molar-refractivity contribution is 0.0942. The van der Waals surface area contributed by atoms with E-state index in [1.54, 1.807) is 24.3 Å². The van der Waals surface area contributed by atoms with Crippen molar-refractivity contribution in [1.29, 1.82) is 5.26 Å². The molecule has 21 heteroatoms. The molecule has 0 radical (unpaired) electrons. The summed E-state index contributed by atoms with van der Waals surface area (Å²) in [5, 5.41) is 52.6. The first-order valence-corrected chi connectivity index (χ1v) is 21.4. The van der Waals surface area contributed by atoms with E-state index in [0.717, 1.165) is 41.7 Å². The highest BCUT2D eigenvalue weighted by Gasteiger charge is 2.27. The molecule has 0 spiro atoms. The molecule has 59 heavy (non-hydrogen) atoms. The van der Waals surface area contributed by atoms with E-state index in [-0.39, 0.29) is 70.2 Å². The summed E-state index contributed by atoms with van der Waals surface area (Å²) in [7, 11) is -9.00. The number of nitrogens with zero attached hydrogens (tertiary/aromatic N) is 1. The van der Waals surface area contributed by atoms with E-state index in [1.807, 2.05) is 4.72 Å². The molecule has 0 aliphatic heterocycles. The summed E-state index contributed by atoms with van der Waals surface area (Å²) in [6.07, 6.45) is -0.370. The lowest BCUT2D eigenvalue weighted by Crippen LogP contribution is -2.25. The molecule has 310 valence electrons. The lowest BCUT2D eigenvalue weighted by atomic mass is 10.1. The molecule has 5 rings (SSSR count). The van der Waals surface area contributed by atoms with Crippen LogP contribution < -0.4 is 29.4 Å². The molecule has 5 aromatic rings. The lowest BCUT2D eigenvalue weighted by Gasteiger charge is -2.15. The van der Waals surface area contributed by atoms with Crippen LogP contribution in [0.15, 0.2) is 89.1 Å². The van der Waals surface area contributed by atoms with Crippen LogP contribution in [-0.4, -0.2) is 78.1 Å². The Balaban J connectivity index is 1.22. The van der Waals surface area contributed by atoms with Crippen LogP contribution in [0, 0.1) is 17.1 Å². The molecule has 1 unspecified atom stereocenters. The predicted octanol–water partition coefficient (Wildman–Crippen LogP) is 5.15. The molecule has 0 aliphatic rings. The van der Waals surface area contributed by atoms with Crippen molar-refractivity contribution in [2.45, 2.75) is 17.1 Å². The van der Waals surface area contributed by atoms with Crippen molar-refractivity contribution in [3.05, 3.63) is 107 Å². The van der Waals surface area contributed by atoms with Gasteiger partial charge in [0.1, 0.15) is 28.1 Å². The van der Waals surface area contributed by atoms with Gasteiger partial charge in [0.05, 0.1) is 18.8 Å². The van der Waals surface area contributed by atoms with Crippen molar-refractivity contribution < 1.29 is 66.3 Å². The predicted molar refractivity (Wildman–Crippen MR) is 211 cm³/mol. The highest BCUT2D eigenvalue weighted by atomic mass is 32.2. The number of carbonyl (C=O) groups excluding carboxylic acids is 2. The molecular weight excluding hydrogens is 835 g/mol. The van der Waals surface area contributed by atoms with Gasteiger partial charge in [-0.3, -0.25) is 9.59 Å². The maximum absolute atomic E-state index is 13.9. The van der Waals surface area contributed by atoms with Gasteiger partial charge in [-0.15, -0.1) is 11.3 Å². The highest BCUT2D eigenvalue weighted by molar-refractivity contribution is 7.92. The van der Waals surface area contributed by atoms with E-state index >= 15 is 0 Å². The summed E-state index contributed by atoms with van der Waals surface area (Å²) >= 11 is 0.840. The largest absolute Gasteiger partial charge is 0.504 e. The van der Waals surface area contributed by atoms with Crippen molar-refractivity contribution in [2.24, 2.45) is 0 Å². The van der Waals surface area contributed by atoms with E-state index in [0.29, 0.717) is 29.0 Å². The van der Waals surface area contributed by atoms with Crippen LogP contribution in [0.2, 0.25) is 0 Å². The van der Waals surface area contributed by atoms with E-state index in [4.69, 9.17) is 19.3 Å². The molecule has 0 aliphatic carbocycles. The van der Waals surface area contributed by atoms with E-state index in [2.05, 4.69) is 10.6 Å². The number of hydrogen-bond acceptors (Lipinski definition) is 14. The van der Waals surface area contributed by atoms with Crippen molar-refractivity contribution in [1.82, 2.24) is 15.4 Å². The minimum Gasteiger partial charge on any atom is -0.504 e. The summed E-state index contributed by atoms with van der Waals surface area (Å²) < 4.78 is 71.4. The molecule has 0 saturated heterocycles. The number of aromatic hydroxyl groups is 4.